The van der Waals surface area contributed by atoms with E-state index in [1.807, 2.05) is 6.92 Å². The molecule has 1 aliphatic rings. The summed E-state index contributed by atoms with van der Waals surface area (Å²) in [6, 6.07) is 8.48. The van der Waals surface area contributed by atoms with Crippen molar-refractivity contribution in [2.24, 2.45) is 0 Å². The molecule has 4 heteroatoms. The van der Waals surface area contributed by atoms with Crippen LogP contribution in [0.4, 0.5) is 0 Å². The van der Waals surface area contributed by atoms with Crippen LogP contribution in [0.2, 0.25) is 0 Å². The Bertz CT molecular complexity index is 359. The third-order valence-electron chi connectivity index (χ3n) is 2.82. The molecule has 0 saturated heterocycles. The molecule has 1 aromatic carbocycles. The van der Waals surface area contributed by atoms with Gasteiger partial charge in [0.05, 0.1) is 6.61 Å². The summed E-state index contributed by atoms with van der Waals surface area (Å²) < 4.78 is 11.7. The van der Waals surface area contributed by atoms with Crippen LogP contribution >= 0.6 is 8.38 Å². The van der Waals surface area contributed by atoms with E-state index in [1.165, 1.54) is 11.1 Å². The van der Waals surface area contributed by atoms with Crippen molar-refractivity contribution in [1.82, 2.24) is 5.32 Å². The Hall–Kier alpha value is -0.470. The largest absolute Gasteiger partial charge is 0.334 e. The van der Waals surface area contributed by atoms with Crippen LogP contribution in [0.1, 0.15) is 31.2 Å². The molecule has 0 spiro atoms. The highest BCUT2D eigenvalue weighted by Crippen LogP contribution is 2.43. The SMILES string of the molecule is CCOP(CC)OC1NCCc2ccccc21. The smallest absolute Gasteiger partial charge is 0.172 e. The maximum atomic E-state index is 6.04. The Balaban J connectivity index is 2.07. The molecule has 17 heavy (non-hydrogen) atoms. The fourth-order valence-electron chi connectivity index (χ4n) is 2.02. The Kier molecular flexibility index (Phi) is 4.93. The van der Waals surface area contributed by atoms with Gasteiger partial charge in [-0.1, -0.05) is 31.2 Å². The average Bonchev–Trinajstić information content (AvgIpc) is 2.38. The van der Waals surface area contributed by atoms with E-state index in [2.05, 4.69) is 36.5 Å². The van der Waals surface area contributed by atoms with E-state index >= 15 is 0 Å². The zero-order valence-electron chi connectivity index (χ0n) is 10.5. The minimum absolute atomic E-state index is 0.00226. The van der Waals surface area contributed by atoms with Gasteiger partial charge in [0.15, 0.2) is 8.38 Å². The quantitative estimate of drug-likeness (QED) is 0.817. The Morgan fingerprint density at radius 3 is 2.94 bits per heavy atom. The Morgan fingerprint density at radius 1 is 1.35 bits per heavy atom. The Morgan fingerprint density at radius 2 is 2.18 bits per heavy atom. The van der Waals surface area contributed by atoms with Gasteiger partial charge in [0, 0.05) is 12.7 Å². The molecule has 0 saturated carbocycles. The molecule has 1 N–H and O–H groups in total. The van der Waals surface area contributed by atoms with Gasteiger partial charge in [-0.25, -0.2) is 0 Å². The second-order valence-corrected chi connectivity index (χ2v) is 5.72. The van der Waals surface area contributed by atoms with Crippen molar-refractivity contribution < 1.29 is 9.05 Å². The van der Waals surface area contributed by atoms with Crippen molar-refractivity contribution in [3.05, 3.63) is 35.4 Å². The highest BCUT2D eigenvalue weighted by atomic mass is 31.2. The lowest BCUT2D eigenvalue weighted by Crippen LogP contribution is -2.30. The number of rotatable bonds is 5. The minimum Gasteiger partial charge on any atom is -0.334 e. The van der Waals surface area contributed by atoms with E-state index in [0.29, 0.717) is 6.61 Å². The van der Waals surface area contributed by atoms with Crippen molar-refractivity contribution in [2.75, 3.05) is 19.3 Å². The van der Waals surface area contributed by atoms with Crippen LogP contribution in [0.5, 0.6) is 0 Å². The first-order valence-corrected chi connectivity index (χ1v) is 7.59. The van der Waals surface area contributed by atoms with Gasteiger partial charge < -0.3 is 9.05 Å². The van der Waals surface area contributed by atoms with E-state index in [4.69, 9.17) is 9.05 Å². The van der Waals surface area contributed by atoms with E-state index in [-0.39, 0.29) is 6.23 Å². The number of fused-ring (bicyclic) bond motifs is 1. The van der Waals surface area contributed by atoms with E-state index in [9.17, 15) is 0 Å². The lowest BCUT2D eigenvalue weighted by atomic mass is 10.0. The van der Waals surface area contributed by atoms with Gasteiger partial charge in [-0.05, 0) is 24.5 Å². The lowest BCUT2D eigenvalue weighted by Gasteiger charge is -2.29. The van der Waals surface area contributed by atoms with Crippen molar-refractivity contribution in [3.8, 4) is 0 Å². The minimum atomic E-state index is -0.768. The third kappa shape index (κ3) is 3.26. The molecular formula is C13H20NO2P. The number of benzene rings is 1. The van der Waals surface area contributed by atoms with Crippen LogP contribution in [0.15, 0.2) is 24.3 Å². The first kappa shape index (κ1) is 13.0. The van der Waals surface area contributed by atoms with Crippen LogP contribution in [0, 0.1) is 0 Å². The van der Waals surface area contributed by atoms with Gasteiger partial charge in [0.2, 0.25) is 0 Å². The maximum Gasteiger partial charge on any atom is 0.172 e. The molecule has 0 amide bonds. The van der Waals surface area contributed by atoms with E-state index in [0.717, 1.165) is 19.1 Å². The predicted molar refractivity (Wildman–Crippen MR) is 71.1 cm³/mol. The third-order valence-corrected chi connectivity index (χ3v) is 4.32. The molecule has 0 aliphatic carbocycles. The summed E-state index contributed by atoms with van der Waals surface area (Å²) in [7, 11) is -0.768. The molecule has 1 aliphatic heterocycles. The number of hydrogen-bond acceptors (Lipinski definition) is 3. The second kappa shape index (κ2) is 6.46. The monoisotopic (exact) mass is 253 g/mol. The summed E-state index contributed by atoms with van der Waals surface area (Å²) in [6.07, 6.45) is 2.01. The zero-order valence-corrected chi connectivity index (χ0v) is 11.4. The van der Waals surface area contributed by atoms with Crippen LogP contribution in [-0.2, 0) is 15.5 Å². The van der Waals surface area contributed by atoms with Gasteiger partial charge in [-0.2, -0.15) is 0 Å². The second-order valence-electron chi connectivity index (χ2n) is 3.96. The summed E-state index contributed by atoms with van der Waals surface area (Å²) in [6.45, 7) is 5.81. The van der Waals surface area contributed by atoms with Crippen molar-refractivity contribution in [1.29, 1.82) is 0 Å². The normalized spacial score (nSPS) is 20.9. The topological polar surface area (TPSA) is 30.5 Å². The van der Waals surface area contributed by atoms with Gasteiger partial charge in [-0.15, -0.1) is 0 Å². The highest BCUT2D eigenvalue weighted by Gasteiger charge is 2.23. The molecule has 3 nitrogen and oxygen atoms in total. The van der Waals surface area contributed by atoms with E-state index in [1.54, 1.807) is 0 Å². The molecule has 0 radical (unpaired) electrons. The summed E-state index contributed by atoms with van der Waals surface area (Å²) >= 11 is 0. The molecule has 1 heterocycles. The molecule has 2 unspecified atom stereocenters. The van der Waals surface area contributed by atoms with Gasteiger partial charge in [-0.3, -0.25) is 5.32 Å². The first-order valence-electron chi connectivity index (χ1n) is 6.23. The van der Waals surface area contributed by atoms with Crippen LogP contribution in [0.3, 0.4) is 0 Å². The van der Waals surface area contributed by atoms with Crippen molar-refractivity contribution >= 4 is 8.38 Å². The van der Waals surface area contributed by atoms with Crippen LogP contribution in [-0.4, -0.2) is 19.3 Å². The molecule has 1 aromatic rings. The predicted octanol–water partition coefficient (Wildman–Crippen LogP) is 3.22. The number of nitrogens with one attached hydrogen (secondary N) is 1. The zero-order chi connectivity index (χ0) is 12.1. The Labute approximate surface area is 104 Å². The fourth-order valence-corrected chi connectivity index (χ4v) is 3.12. The molecular weight excluding hydrogens is 233 g/mol. The molecule has 0 fully saturated rings. The first-order chi connectivity index (χ1) is 8.35. The van der Waals surface area contributed by atoms with E-state index < -0.39 is 8.38 Å². The van der Waals surface area contributed by atoms with Crippen LogP contribution < -0.4 is 5.32 Å². The lowest BCUT2D eigenvalue weighted by molar-refractivity contribution is 0.146. The molecule has 0 bridgehead atoms. The molecule has 2 rings (SSSR count). The van der Waals surface area contributed by atoms with Gasteiger partial charge >= 0.3 is 0 Å². The van der Waals surface area contributed by atoms with Crippen LogP contribution in [0.25, 0.3) is 0 Å². The molecule has 94 valence electrons. The van der Waals surface area contributed by atoms with Crippen molar-refractivity contribution in [2.45, 2.75) is 26.5 Å². The summed E-state index contributed by atoms with van der Waals surface area (Å²) in [5.74, 6) is 0. The highest BCUT2D eigenvalue weighted by molar-refractivity contribution is 7.47. The summed E-state index contributed by atoms with van der Waals surface area (Å²) in [5, 5.41) is 3.41. The standard InChI is InChI=1S/C13H20NO2P/c1-3-15-17(4-2)16-13-12-8-6-5-7-11(12)9-10-14-13/h5-8,13-14H,3-4,9-10H2,1-2H3. The number of hydrogen-bond donors (Lipinski definition) is 1. The van der Waals surface area contributed by atoms with Gasteiger partial charge in [0.1, 0.15) is 6.23 Å². The summed E-state index contributed by atoms with van der Waals surface area (Å²) in [5.41, 5.74) is 2.65. The van der Waals surface area contributed by atoms with Crippen molar-refractivity contribution in [3.63, 3.8) is 0 Å². The molecule has 2 atom stereocenters. The molecule has 0 aromatic heterocycles. The van der Waals surface area contributed by atoms with Gasteiger partial charge in [0.25, 0.3) is 0 Å². The fraction of sp³-hybridized carbons (Fsp3) is 0.538. The average molecular weight is 253 g/mol. The maximum absolute atomic E-state index is 6.04. The summed E-state index contributed by atoms with van der Waals surface area (Å²) in [4.78, 5) is 0.